The Morgan fingerprint density at radius 2 is 2.12 bits per heavy atom. The van der Waals surface area contributed by atoms with Gasteiger partial charge in [0.05, 0.1) is 5.69 Å². The highest BCUT2D eigenvalue weighted by Crippen LogP contribution is 2.40. The molecule has 2 rings (SSSR count). The van der Waals surface area contributed by atoms with Gasteiger partial charge in [-0.05, 0) is 31.5 Å². The molecule has 1 amide bonds. The summed E-state index contributed by atoms with van der Waals surface area (Å²) >= 11 is 5.74. The minimum absolute atomic E-state index is 0.0574. The third-order valence-corrected chi connectivity index (χ3v) is 3.71. The Kier molecular flexibility index (Phi) is 5.42. The molecule has 1 heterocycles. The van der Waals surface area contributed by atoms with Crippen LogP contribution in [0, 0.1) is 12.7 Å². The van der Waals surface area contributed by atoms with E-state index < -0.39 is 25.8 Å². The first kappa shape index (κ1) is 18.6. The summed E-state index contributed by atoms with van der Waals surface area (Å²) in [6.07, 6.45) is -1.28. The maximum absolute atomic E-state index is 13.8. The van der Waals surface area contributed by atoms with Gasteiger partial charge in [-0.25, -0.2) is 13.6 Å². The maximum atomic E-state index is 13.8. The predicted octanol–water partition coefficient (Wildman–Crippen LogP) is 2.86. The second-order valence-corrected chi connectivity index (χ2v) is 6.51. The van der Waals surface area contributed by atoms with Gasteiger partial charge < -0.3 is 15.1 Å². The summed E-state index contributed by atoms with van der Waals surface area (Å²) in [5, 5.41) is 6.00. The fourth-order valence-electron chi connectivity index (χ4n) is 1.96. The fraction of sp³-hybridized carbons (Fsp3) is 0.231. The van der Waals surface area contributed by atoms with Crippen molar-refractivity contribution in [1.82, 2.24) is 9.78 Å². The number of hydrogen-bond acceptors (Lipinski definition) is 4. The van der Waals surface area contributed by atoms with Crippen LogP contribution >= 0.6 is 19.4 Å². The molecule has 130 valence electrons. The number of aryl methyl sites for hydroxylation is 1. The standard InChI is InChI=1S/C13H14ClFN3O5P/c1-7-3-4-10(9(15)5-7)16-13(19)11-6-12(14)17-18(11)8(2)23-24(20,21)22/h3-6,8H,1-2H3,(H,16,19)(H2,20,21,22). The van der Waals surface area contributed by atoms with Crippen LogP contribution in [0.4, 0.5) is 10.1 Å². The van der Waals surface area contributed by atoms with Crippen molar-refractivity contribution in [2.45, 2.75) is 20.1 Å². The molecule has 8 nitrogen and oxygen atoms in total. The van der Waals surface area contributed by atoms with Crippen LogP contribution in [-0.4, -0.2) is 25.5 Å². The molecule has 24 heavy (non-hydrogen) atoms. The number of carbonyl (C=O) groups is 1. The molecule has 11 heteroatoms. The highest BCUT2D eigenvalue weighted by molar-refractivity contribution is 7.46. The Morgan fingerprint density at radius 3 is 2.71 bits per heavy atom. The number of amides is 1. The summed E-state index contributed by atoms with van der Waals surface area (Å²) < 4.78 is 30.1. The van der Waals surface area contributed by atoms with Crippen molar-refractivity contribution >= 4 is 31.0 Å². The van der Waals surface area contributed by atoms with Crippen molar-refractivity contribution in [2.24, 2.45) is 0 Å². The zero-order valence-electron chi connectivity index (χ0n) is 12.6. The molecule has 1 aromatic heterocycles. The van der Waals surface area contributed by atoms with E-state index in [1.807, 2.05) is 0 Å². The van der Waals surface area contributed by atoms with Crippen LogP contribution < -0.4 is 5.32 Å². The van der Waals surface area contributed by atoms with Gasteiger partial charge in [0, 0.05) is 6.07 Å². The molecule has 0 fully saturated rings. The highest BCUT2D eigenvalue weighted by Gasteiger charge is 2.25. The molecule has 0 saturated carbocycles. The van der Waals surface area contributed by atoms with Crippen molar-refractivity contribution in [3.8, 4) is 0 Å². The number of benzene rings is 1. The number of rotatable bonds is 5. The molecule has 0 aliphatic heterocycles. The van der Waals surface area contributed by atoms with E-state index in [1.54, 1.807) is 13.0 Å². The fourth-order valence-corrected chi connectivity index (χ4v) is 2.63. The lowest BCUT2D eigenvalue weighted by Gasteiger charge is -2.16. The van der Waals surface area contributed by atoms with E-state index in [0.29, 0.717) is 5.56 Å². The monoisotopic (exact) mass is 377 g/mol. The second kappa shape index (κ2) is 7.00. The molecule has 0 saturated heterocycles. The average Bonchev–Trinajstić information content (AvgIpc) is 2.82. The molecule has 0 aliphatic rings. The van der Waals surface area contributed by atoms with Crippen molar-refractivity contribution < 1.29 is 28.1 Å². The number of halogens is 2. The van der Waals surface area contributed by atoms with Crippen molar-refractivity contribution in [2.75, 3.05) is 5.32 Å². The van der Waals surface area contributed by atoms with Crippen molar-refractivity contribution in [1.29, 1.82) is 0 Å². The summed E-state index contributed by atoms with van der Waals surface area (Å²) in [7, 11) is -4.80. The Morgan fingerprint density at radius 1 is 1.46 bits per heavy atom. The molecular weight excluding hydrogens is 364 g/mol. The number of hydrogen-bond donors (Lipinski definition) is 3. The summed E-state index contributed by atoms with van der Waals surface area (Å²) in [5.74, 6) is -1.39. The first-order valence-electron chi connectivity index (χ1n) is 6.63. The molecule has 1 atom stereocenters. The van der Waals surface area contributed by atoms with E-state index in [1.165, 1.54) is 25.1 Å². The van der Waals surface area contributed by atoms with E-state index in [9.17, 15) is 13.8 Å². The number of nitrogens with one attached hydrogen (secondary N) is 1. The van der Waals surface area contributed by atoms with E-state index >= 15 is 0 Å². The quantitative estimate of drug-likeness (QED) is 0.690. The van der Waals surface area contributed by atoms with E-state index in [-0.39, 0.29) is 16.5 Å². The lowest BCUT2D eigenvalue weighted by atomic mass is 10.2. The normalized spacial score (nSPS) is 12.9. The smallest absolute Gasteiger partial charge is 0.318 e. The third-order valence-electron chi connectivity index (χ3n) is 2.95. The van der Waals surface area contributed by atoms with Crippen LogP contribution in [0.3, 0.4) is 0 Å². The number of phosphoric acid groups is 1. The molecule has 0 aliphatic carbocycles. The van der Waals surface area contributed by atoms with Gasteiger partial charge in [0.1, 0.15) is 11.5 Å². The Bertz CT molecular complexity index is 822. The molecule has 1 aromatic carbocycles. The second-order valence-electron chi connectivity index (χ2n) is 4.93. The number of nitrogens with zero attached hydrogens (tertiary/aromatic N) is 2. The topological polar surface area (TPSA) is 114 Å². The molecule has 0 spiro atoms. The van der Waals surface area contributed by atoms with E-state index in [4.69, 9.17) is 21.4 Å². The van der Waals surface area contributed by atoms with Crippen LogP contribution in [-0.2, 0) is 9.09 Å². The van der Waals surface area contributed by atoms with E-state index in [2.05, 4.69) is 14.9 Å². The molecule has 0 radical (unpaired) electrons. The van der Waals surface area contributed by atoms with Gasteiger partial charge in [-0.15, -0.1) is 0 Å². The number of aromatic nitrogens is 2. The Labute approximate surface area is 141 Å². The van der Waals surface area contributed by atoms with Gasteiger partial charge in [-0.1, -0.05) is 17.7 Å². The van der Waals surface area contributed by atoms with Crippen LogP contribution in [0.15, 0.2) is 24.3 Å². The van der Waals surface area contributed by atoms with Gasteiger partial charge in [-0.3, -0.25) is 9.32 Å². The molecule has 3 N–H and O–H groups in total. The van der Waals surface area contributed by atoms with Crippen molar-refractivity contribution in [3.63, 3.8) is 0 Å². The number of carbonyl (C=O) groups excluding carboxylic acids is 1. The molecule has 0 bridgehead atoms. The summed E-state index contributed by atoms with van der Waals surface area (Å²) in [6.45, 7) is 2.97. The van der Waals surface area contributed by atoms with E-state index in [0.717, 1.165) is 4.68 Å². The lowest BCUT2D eigenvalue weighted by molar-refractivity contribution is 0.0804. The highest BCUT2D eigenvalue weighted by atomic mass is 35.5. The largest absolute Gasteiger partial charge is 0.471 e. The van der Waals surface area contributed by atoms with Crippen LogP contribution in [0.1, 0.15) is 29.2 Å². The Hall–Kier alpha value is -1.77. The number of phosphoric ester groups is 1. The van der Waals surface area contributed by atoms with Crippen LogP contribution in [0.25, 0.3) is 0 Å². The zero-order chi connectivity index (χ0) is 18.1. The summed E-state index contributed by atoms with van der Waals surface area (Å²) in [4.78, 5) is 30.0. The molecule has 2 aromatic rings. The van der Waals surface area contributed by atoms with Gasteiger partial charge in [0.25, 0.3) is 5.91 Å². The predicted molar refractivity (Wildman–Crippen MR) is 84.2 cm³/mol. The lowest BCUT2D eigenvalue weighted by Crippen LogP contribution is -2.21. The first-order chi connectivity index (χ1) is 11.1. The number of anilines is 1. The van der Waals surface area contributed by atoms with Gasteiger partial charge in [0.2, 0.25) is 0 Å². The first-order valence-corrected chi connectivity index (χ1v) is 8.54. The van der Waals surface area contributed by atoms with Crippen molar-refractivity contribution in [3.05, 3.63) is 46.5 Å². The van der Waals surface area contributed by atoms with Gasteiger partial charge in [-0.2, -0.15) is 5.10 Å². The minimum atomic E-state index is -4.80. The molecular formula is C13H14ClFN3O5P. The minimum Gasteiger partial charge on any atom is -0.318 e. The van der Waals surface area contributed by atoms with Crippen LogP contribution in [0.5, 0.6) is 0 Å². The van der Waals surface area contributed by atoms with Gasteiger partial charge in [0.15, 0.2) is 11.4 Å². The average molecular weight is 378 g/mol. The van der Waals surface area contributed by atoms with Gasteiger partial charge >= 0.3 is 7.82 Å². The zero-order valence-corrected chi connectivity index (χ0v) is 14.3. The summed E-state index contributed by atoms with van der Waals surface area (Å²) in [6, 6.07) is 5.42. The maximum Gasteiger partial charge on any atom is 0.471 e. The Balaban J connectivity index is 2.28. The third kappa shape index (κ3) is 4.62. The SMILES string of the molecule is Cc1ccc(NC(=O)c2cc(Cl)nn2C(C)OP(=O)(O)O)c(F)c1. The summed E-state index contributed by atoms with van der Waals surface area (Å²) in [5.41, 5.74) is 0.473. The molecule has 1 unspecified atom stereocenters. The van der Waals surface area contributed by atoms with Crippen LogP contribution in [0.2, 0.25) is 5.15 Å².